The molecule has 0 radical (unpaired) electrons. The fraction of sp³-hybridized carbons (Fsp3) is 0.375. The van der Waals surface area contributed by atoms with E-state index in [0.717, 1.165) is 18.5 Å². The van der Waals surface area contributed by atoms with Crippen molar-refractivity contribution in [3.8, 4) is 0 Å². The van der Waals surface area contributed by atoms with Crippen molar-refractivity contribution in [1.82, 2.24) is 15.5 Å². The molecule has 0 aliphatic heterocycles. The van der Waals surface area contributed by atoms with Gasteiger partial charge in [-0.25, -0.2) is 0 Å². The number of nitrogens with zero attached hydrogens (tertiary/aromatic N) is 1. The predicted molar refractivity (Wildman–Crippen MR) is 77.8 cm³/mol. The zero-order chi connectivity index (χ0) is 14.1. The number of aromatic amines is 1. The molecule has 4 nitrogen and oxygen atoms in total. The van der Waals surface area contributed by atoms with Gasteiger partial charge in [0, 0.05) is 11.7 Å². The second kappa shape index (κ2) is 5.12. The van der Waals surface area contributed by atoms with Crippen LogP contribution in [0.4, 0.5) is 0 Å². The van der Waals surface area contributed by atoms with E-state index in [9.17, 15) is 4.79 Å². The lowest BCUT2D eigenvalue weighted by molar-refractivity contribution is 0.0933. The van der Waals surface area contributed by atoms with Gasteiger partial charge in [-0.15, -0.1) is 0 Å². The van der Waals surface area contributed by atoms with Gasteiger partial charge in [-0.3, -0.25) is 9.89 Å². The van der Waals surface area contributed by atoms with E-state index in [4.69, 9.17) is 0 Å². The van der Waals surface area contributed by atoms with Crippen LogP contribution in [0.5, 0.6) is 0 Å². The molecule has 1 aromatic heterocycles. The Kier molecular flexibility index (Phi) is 3.30. The van der Waals surface area contributed by atoms with E-state index in [2.05, 4.69) is 41.5 Å². The molecule has 1 amide bonds. The van der Waals surface area contributed by atoms with Gasteiger partial charge in [0.1, 0.15) is 5.69 Å². The van der Waals surface area contributed by atoms with Crippen molar-refractivity contribution in [3.05, 3.63) is 52.8 Å². The van der Waals surface area contributed by atoms with Crippen molar-refractivity contribution in [3.63, 3.8) is 0 Å². The summed E-state index contributed by atoms with van der Waals surface area (Å²) in [5, 5.41) is 10.1. The highest BCUT2D eigenvalue weighted by Crippen LogP contribution is 2.22. The summed E-state index contributed by atoms with van der Waals surface area (Å²) in [6, 6.07) is 10.4. The van der Waals surface area contributed by atoms with Gasteiger partial charge < -0.3 is 5.32 Å². The molecule has 0 spiro atoms. The van der Waals surface area contributed by atoms with Crippen molar-refractivity contribution in [2.75, 3.05) is 0 Å². The number of fused-ring (bicyclic) bond motifs is 1. The highest BCUT2D eigenvalue weighted by Gasteiger charge is 2.23. The largest absolute Gasteiger partial charge is 0.347 e. The third kappa shape index (κ3) is 2.46. The van der Waals surface area contributed by atoms with E-state index in [1.54, 1.807) is 0 Å². The normalized spacial score (nSPS) is 14.6. The Bertz CT molecular complexity index is 605. The van der Waals surface area contributed by atoms with Gasteiger partial charge in [-0.2, -0.15) is 5.10 Å². The molecule has 0 saturated heterocycles. The maximum absolute atomic E-state index is 12.2. The molecule has 2 aromatic rings. The van der Waals surface area contributed by atoms with Crippen LogP contribution >= 0.6 is 0 Å². The highest BCUT2D eigenvalue weighted by molar-refractivity contribution is 5.92. The van der Waals surface area contributed by atoms with E-state index < -0.39 is 0 Å². The smallest absolute Gasteiger partial charge is 0.272 e. The van der Waals surface area contributed by atoms with E-state index in [1.807, 2.05) is 18.2 Å². The standard InChI is InChI=1S/C16H19N3O/c1-10(2)14-9-15(19-18-14)16(20)17-13-7-11-5-3-4-6-12(11)8-13/h3-6,9-10,13H,7-8H2,1-2H3,(H,17,20)(H,18,19). The Hall–Kier alpha value is -2.10. The maximum Gasteiger partial charge on any atom is 0.272 e. The van der Waals surface area contributed by atoms with Gasteiger partial charge in [0.25, 0.3) is 5.91 Å². The topological polar surface area (TPSA) is 57.8 Å². The van der Waals surface area contributed by atoms with Crippen LogP contribution in [0.25, 0.3) is 0 Å². The van der Waals surface area contributed by atoms with Gasteiger partial charge >= 0.3 is 0 Å². The second-order valence-electron chi connectivity index (χ2n) is 5.71. The number of H-pyrrole nitrogens is 1. The number of rotatable bonds is 3. The fourth-order valence-corrected chi connectivity index (χ4v) is 2.67. The van der Waals surface area contributed by atoms with Crippen molar-refractivity contribution in [2.45, 2.75) is 38.6 Å². The van der Waals surface area contributed by atoms with Gasteiger partial charge in [0.2, 0.25) is 0 Å². The molecule has 1 aromatic carbocycles. The molecule has 1 aliphatic carbocycles. The zero-order valence-corrected chi connectivity index (χ0v) is 11.8. The minimum absolute atomic E-state index is 0.0917. The van der Waals surface area contributed by atoms with E-state index in [1.165, 1.54) is 11.1 Å². The molecule has 0 saturated carbocycles. The average Bonchev–Trinajstić information content (AvgIpc) is 3.04. The fourth-order valence-electron chi connectivity index (χ4n) is 2.67. The number of benzene rings is 1. The molecule has 1 heterocycles. The first kappa shape index (κ1) is 12.9. The molecular formula is C16H19N3O. The van der Waals surface area contributed by atoms with Crippen molar-refractivity contribution in [2.24, 2.45) is 0 Å². The summed E-state index contributed by atoms with van der Waals surface area (Å²) in [5.74, 6) is 0.255. The van der Waals surface area contributed by atoms with E-state index in [0.29, 0.717) is 11.6 Å². The van der Waals surface area contributed by atoms with Crippen LogP contribution in [0.2, 0.25) is 0 Å². The average molecular weight is 269 g/mol. The van der Waals surface area contributed by atoms with Crippen LogP contribution in [-0.4, -0.2) is 22.1 Å². The Morgan fingerprint density at radius 2 is 1.95 bits per heavy atom. The molecule has 2 N–H and O–H groups in total. The van der Waals surface area contributed by atoms with Gasteiger partial charge in [-0.05, 0) is 36.0 Å². The van der Waals surface area contributed by atoms with Crippen LogP contribution in [0, 0.1) is 0 Å². The summed E-state index contributed by atoms with van der Waals surface area (Å²) in [7, 11) is 0. The van der Waals surface area contributed by atoms with Crippen molar-refractivity contribution in [1.29, 1.82) is 0 Å². The Balaban J connectivity index is 1.66. The predicted octanol–water partition coefficient (Wildman–Crippen LogP) is 2.43. The van der Waals surface area contributed by atoms with Crippen LogP contribution < -0.4 is 5.32 Å². The van der Waals surface area contributed by atoms with Crippen LogP contribution in [0.1, 0.15) is 47.1 Å². The van der Waals surface area contributed by atoms with Crippen LogP contribution in [-0.2, 0) is 12.8 Å². The summed E-state index contributed by atoms with van der Waals surface area (Å²) in [6.45, 7) is 4.14. The highest BCUT2D eigenvalue weighted by atomic mass is 16.2. The van der Waals surface area contributed by atoms with Gasteiger partial charge in [0.05, 0.1) is 0 Å². The molecule has 1 aliphatic rings. The first-order valence-electron chi connectivity index (χ1n) is 7.06. The molecule has 3 rings (SSSR count). The van der Waals surface area contributed by atoms with Crippen LogP contribution in [0.15, 0.2) is 30.3 Å². The quantitative estimate of drug-likeness (QED) is 0.899. The minimum atomic E-state index is -0.0917. The molecule has 0 fully saturated rings. The van der Waals surface area contributed by atoms with Gasteiger partial charge in [0.15, 0.2) is 0 Å². The molecule has 0 unspecified atom stereocenters. The lowest BCUT2D eigenvalue weighted by Crippen LogP contribution is -2.35. The molecule has 0 atom stereocenters. The Morgan fingerprint density at radius 1 is 1.30 bits per heavy atom. The zero-order valence-electron chi connectivity index (χ0n) is 11.8. The molecule has 0 bridgehead atoms. The Morgan fingerprint density at radius 3 is 2.50 bits per heavy atom. The SMILES string of the molecule is CC(C)c1cc(C(=O)NC2Cc3ccccc3C2)n[nH]1. The van der Waals surface area contributed by atoms with Crippen molar-refractivity contribution >= 4 is 5.91 Å². The molecule has 20 heavy (non-hydrogen) atoms. The number of hydrogen-bond acceptors (Lipinski definition) is 2. The third-order valence-corrected chi connectivity index (χ3v) is 3.84. The molecule has 4 heteroatoms. The summed E-state index contributed by atoms with van der Waals surface area (Å²) in [6.07, 6.45) is 1.81. The summed E-state index contributed by atoms with van der Waals surface area (Å²) < 4.78 is 0. The summed E-state index contributed by atoms with van der Waals surface area (Å²) >= 11 is 0. The summed E-state index contributed by atoms with van der Waals surface area (Å²) in [5.41, 5.74) is 4.14. The first-order chi connectivity index (χ1) is 9.63. The van der Waals surface area contributed by atoms with E-state index in [-0.39, 0.29) is 11.9 Å². The Labute approximate surface area is 118 Å². The first-order valence-corrected chi connectivity index (χ1v) is 7.06. The minimum Gasteiger partial charge on any atom is -0.347 e. The van der Waals surface area contributed by atoms with Crippen LogP contribution in [0.3, 0.4) is 0 Å². The molecule has 104 valence electrons. The maximum atomic E-state index is 12.2. The number of nitrogens with one attached hydrogen (secondary N) is 2. The summed E-state index contributed by atoms with van der Waals surface area (Å²) in [4.78, 5) is 12.2. The van der Waals surface area contributed by atoms with E-state index >= 15 is 0 Å². The third-order valence-electron chi connectivity index (χ3n) is 3.84. The number of carbonyl (C=O) groups excluding carboxylic acids is 1. The second-order valence-corrected chi connectivity index (χ2v) is 5.71. The number of aromatic nitrogens is 2. The lowest BCUT2D eigenvalue weighted by atomic mass is 10.1. The number of hydrogen-bond donors (Lipinski definition) is 2. The lowest BCUT2D eigenvalue weighted by Gasteiger charge is -2.10. The monoisotopic (exact) mass is 269 g/mol. The number of carbonyl (C=O) groups is 1. The molecular weight excluding hydrogens is 250 g/mol. The van der Waals surface area contributed by atoms with Gasteiger partial charge in [-0.1, -0.05) is 38.1 Å². The number of amides is 1. The van der Waals surface area contributed by atoms with Crippen molar-refractivity contribution < 1.29 is 4.79 Å².